The minimum atomic E-state index is 0.201. The molecular weight excluding hydrogens is 334 g/mol. The van der Waals surface area contributed by atoms with Gasteiger partial charge in [-0.3, -0.25) is 4.79 Å². The third kappa shape index (κ3) is 4.61. The van der Waals surface area contributed by atoms with Gasteiger partial charge in [-0.15, -0.1) is 0 Å². The highest BCUT2D eigenvalue weighted by Crippen LogP contribution is 2.25. The minimum absolute atomic E-state index is 0.201. The van der Waals surface area contributed by atoms with Crippen LogP contribution < -0.4 is 4.74 Å². The molecular formula is C20H25NO3S. The van der Waals surface area contributed by atoms with Crippen molar-refractivity contribution in [3.05, 3.63) is 52.2 Å². The summed E-state index contributed by atoms with van der Waals surface area (Å²) in [7, 11) is 3.45. The van der Waals surface area contributed by atoms with Crippen LogP contribution in [0.4, 0.5) is 0 Å². The lowest BCUT2D eigenvalue weighted by atomic mass is 9.88. The van der Waals surface area contributed by atoms with Crippen LogP contribution in [-0.4, -0.2) is 44.2 Å². The summed E-state index contributed by atoms with van der Waals surface area (Å²) in [5.74, 6) is 1.40. The monoisotopic (exact) mass is 359 g/mol. The number of hydrogen-bond donors (Lipinski definition) is 0. The highest BCUT2D eigenvalue weighted by molar-refractivity contribution is 7.08. The molecule has 1 aromatic heterocycles. The van der Waals surface area contributed by atoms with Gasteiger partial charge >= 0.3 is 0 Å². The molecule has 4 nitrogen and oxygen atoms in total. The number of nitrogens with zero attached hydrogens (tertiary/aromatic N) is 1. The number of piperidine rings is 1. The van der Waals surface area contributed by atoms with Crippen molar-refractivity contribution in [1.82, 2.24) is 4.90 Å². The van der Waals surface area contributed by atoms with E-state index in [1.54, 1.807) is 25.6 Å². The Balaban J connectivity index is 1.64. The Morgan fingerprint density at radius 1 is 1.20 bits per heavy atom. The summed E-state index contributed by atoms with van der Waals surface area (Å²) < 4.78 is 10.9. The van der Waals surface area contributed by atoms with Crippen LogP contribution in [0.3, 0.4) is 0 Å². The molecule has 0 N–H and O–H groups in total. The first-order valence-corrected chi connectivity index (χ1v) is 9.58. The van der Waals surface area contributed by atoms with Gasteiger partial charge in [0, 0.05) is 26.1 Å². The standard InChI is InChI=1S/C20H25NO3S/c1-23-18-5-3-15(4-6-18)11-17-13-21(9-7-19(17)24-2)20(22)12-16-8-10-25-14-16/h3-6,8,10,14,17,19H,7,9,11-13H2,1-2H3/t17-,19+/m0/s1. The number of amides is 1. The van der Waals surface area contributed by atoms with E-state index in [0.29, 0.717) is 12.3 Å². The lowest BCUT2D eigenvalue weighted by molar-refractivity contribution is -0.134. The first-order chi connectivity index (χ1) is 12.2. The molecule has 5 heteroatoms. The van der Waals surface area contributed by atoms with E-state index in [1.165, 1.54) is 5.56 Å². The Hall–Kier alpha value is -1.85. The number of rotatable bonds is 6. The van der Waals surface area contributed by atoms with Crippen LogP contribution in [0.25, 0.3) is 0 Å². The first-order valence-electron chi connectivity index (χ1n) is 8.64. The summed E-state index contributed by atoms with van der Waals surface area (Å²) >= 11 is 1.64. The molecule has 0 spiro atoms. The molecule has 3 rings (SSSR count). The van der Waals surface area contributed by atoms with Gasteiger partial charge < -0.3 is 14.4 Å². The summed E-state index contributed by atoms with van der Waals surface area (Å²) in [4.78, 5) is 14.6. The summed E-state index contributed by atoms with van der Waals surface area (Å²) in [6.07, 6.45) is 2.50. The van der Waals surface area contributed by atoms with Crippen molar-refractivity contribution in [3.8, 4) is 5.75 Å². The Morgan fingerprint density at radius 2 is 2.00 bits per heavy atom. The third-order valence-electron chi connectivity index (χ3n) is 4.91. The Labute approximate surface area is 153 Å². The fraction of sp³-hybridized carbons (Fsp3) is 0.450. The van der Waals surface area contributed by atoms with Crippen molar-refractivity contribution in [1.29, 1.82) is 0 Å². The van der Waals surface area contributed by atoms with Gasteiger partial charge in [-0.25, -0.2) is 0 Å². The number of thiophene rings is 1. The fourth-order valence-electron chi connectivity index (χ4n) is 3.49. The molecule has 2 aromatic rings. The number of ether oxygens (including phenoxy) is 2. The van der Waals surface area contributed by atoms with Crippen LogP contribution in [0.2, 0.25) is 0 Å². The molecule has 0 saturated carbocycles. The molecule has 2 heterocycles. The van der Waals surface area contributed by atoms with Crippen LogP contribution in [0, 0.1) is 5.92 Å². The van der Waals surface area contributed by atoms with Gasteiger partial charge in [0.2, 0.25) is 5.91 Å². The fourth-order valence-corrected chi connectivity index (χ4v) is 4.16. The van der Waals surface area contributed by atoms with Gasteiger partial charge in [0.05, 0.1) is 19.6 Å². The number of likely N-dealkylation sites (tertiary alicyclic amines) is 1. The zero-order chi connectivity index (χ0) is 17.6. The zero-order valence-electron chi connectivity index (χ0n) is 14.8. The largest absolute Gasteiger partial charge is 0.497 e. The van der Waals surface area contributed by atoms with Crippen LogP contribution in [0.15, 0.2) is 41.1 Å². The number of hydrogen-bond acceptors (Lipinski definition) is 4. The molecule has 2 atom stereocenters. The summed E-state index contributed by atoms with van der Waals surface area (Å²) in [5.41, 5.74) is 2.36. The predicted octanol–water partition coefficient (Wildman–Crippen LogP) is 3.41. The van der Waals surface area contributed by atoms with Crippen LogP contribution in [0.1, 0.15) is 17.5 Å². The van der Waals surface area contributed by atoms with E-state index in [1.807, 2.05) is 28.5 Å². The van der Waals surface area contributed by atoms with E-state index in [9.17, 15) is 4.79 Å². The van der Waals surface area contributed by atoms with E-state index < -0.39 is 0 Å². The molecule has 1 fully saturated rings. The van der Waals surface area contributed by atoms with Crippen LogP contribution in [0.5, 0.6) is 5.75 Å². The molecule has 1 aromatic carbocycles. The number of carbonyl (C=O) groups excluding carboxylic acids is 1. The molecule has 1 amide bonds. The van der Waals surface area contributed by atoms with E-state index in [2.05, 4.69) is 17.5 Å². The van der Waals surface area contributed by atoms with Crippen molar-refractivity contribution in [3.63, 3.8) is 0 Å². The second kappa shape index (κ2) is 8.50. The number of carbonyl (C=O) groups is 1. The molecule has 1 saturated heterocycles. The van der Waals surface area contributed by atoms with Gasteiger partial charge in [-0.2, -0.15) is 11.3 Å². The zero-order valence-corrected chi connectivity index (χ0v) is 15.6. The minimum Gasteiger partial charge on any atom is -0.497 e. The maximum atomic E-state index is 12.6. The van der Waals surface area contributed by atoms with Gasteiger partial charge in [-0.05, 0) is 52.9 Å². The first kappa shape index (κ1) is 18.0. The van der Waals surface area contributed by atoms with E-state index in [-0.39, 0.29) is 12.0 Å². The van der Waals surface area contributed by atoms with Crippen molar-refractivity contribution in [2.75, 3.05) is 27.3 Å². The quantitative estimate of drug-likeness (QED) is 0.793. The Bertz CT molecular complexity index is 669. The molecule has 134 valence electrons. The summed E-state index contributed by atoms with van der Waals surface area (Å²) in [6, 6.07) is 10.2. The molecule has 0 radical (unpaired) electrons. The maximum absolute atomic E-state index is 12.6. The average Bonchev–Trinajstić information content (AvgIpc) is 3.15. The summed E-state index contributed by atoms with van der Waals surface area (Å²) in [5, 5.41) is 4.07. The maximum Gasteiger partial charge on any atom is 0.227 e. The number of methoxy groups -OCH3 is 2. The molecule has 1 aliphatic rings. The molecule has 0 aliphatic carbocycles. The Morgan fingerprint density at radius 3 is 2.64 bits per heavy atom. The Kier molecular flexibility index (Phi) is 6.10. The smallest absolute Gasteiger partial charge is 0.227 e. The van der Waals surface area contributed by atoms with Crippen molar-refractivity contribution in [2.24, 2.45) is 5.92 Å². The van der Waals surface area contributed by atoms with Gasteiger partial charge in [0.15, 0.2) is 0 Å². The second-order valence-electron chi connectivity index (χ2n) is 6.52. The summed E-state index contributed by atoms with van der Waals surface area (Å²) in [6.45, 7) is 1.54. The SMILES string of the molecule is COc1ccc(C[C@H]2CN(C(=O)Cc3ccsc3)CC[C@H]2OC)cc1. The van der Waals surface area contributed by atoms with Crippen molar-refractivity contribution >= 4 is 17.2 Å². The van der Waals surface area contributed by atoms with Gasteiger partial charge in [0.25, 0.3) is 0 Å². The van der Waals surface area contributed by atoms with Gasteiger partial charge in [0.1, 0.15) is 5.75 Å². The molecule has 0 unspecified atom stereocenters. The lowest BCUT2D eigenvalue weighted by Crippen LogP contribution is -2.47. The highest BCUT2D eigenvalue weighted by Gasteiger charge is 2.31. The van der Waals surface area contributed by atoms with Gasteiger partial charge in [-0.1, -0.05) is 12.1 Å². The normalized spacial score (nSPS) is 20.5. The van der Waals surface area contributed by atoms with Crippen LogP contribution in [-0.2, 0) is 22.4 Å². The highest BCUT2D eigenvalue weighted by atomic mass is 32.1. The number of benzene rings is 1. The molecule has 0 bridgehead atoms. The third-order valence-corrected chi connectivity index (χ3v) is 5.64. The van der Waals surface area contributed by atoms with E-state index in [0.717, 1.165) is 37.2 Å². The van der Waals surface area contributed by atoms with Crippen molar-refractivity contribution < 1.29 is 14.3 Å². The van der Waals surface area contributed by atoms with E-state index in [4.69, 9.17) is 9.47 Å². The average molecular weight is 359 g/mol. The van der Waals surface area contributed by atoms with Crippen LogP contribution >= 0.6 is 11.3 Å². The lowest BCUT2D eigenvalue weighted by Gasteiger charge is -2.38. The van der Waals surface area contributed by atoms with Crippen molar-refractivity contribution in [2.45, 2.75) is 25.4 Å². The van der Waals surface area contributed by atoms with E-state index >= 15 is 0 Å². The molecule has 1 aliphatic heterocycles. The second-order valence-corrected chi connectivity index (χ2v) is 7.30. The topological polar surface area (TPSA) is 38.8 Å². The predicted molar refractivity (Wildman–Crippen MR) is 100 cm³/mol. The molecule has 25 heavy (non-hydrogen) atoms.